The lowest BCUT2D eigenvalue weighted by Gasteiger charge is -2.22. The summed E-state index contributed by atoms with van der Waals surface area (Å²) in [6.45, 7) is 2.69. The molecule has 0 aliphatic rings. The number of halogens is 1. The zero-order valence-electron chi connectivity index (χ0n) is 17.4. The summed E-state index contributed by atoms with van der Waals surface area (Å²) in [6.07, 6.45) is 3.54. The Bertz CT molecular complexity index is 1050. The van der Waals surface area contributed by atoms with Crippen molar-refractivity contribution < 1.29 is 14.0 Å². The summed E-state index contributed by atoms with van der Waals surface area (Å²) < 4.78 is 13.7. The van der Waals surface area contributed by atoms with Gasteiger partial charge in [0.15, 0.2) is 0 Å². The van der Waals surface area contributed by atoms with Gasteiger partial charge in [-0.2, -0.15) is 0 Å². The lowest BCUT2D eigenvalue weighted by Crippen LogP contribution is -2.29. The third-order valence-electron chi connectivity index (χ3n) is 4.70. The molecule has 4 nitrogen and oxygen atoms in total. The summed E-state index contributed by atoms with van der Waals surface area (Å²) in [6, 6.07) is 23.0. The summed E-state index contributed by atoms with van der Waals surface area (Å²) in [5.74, 6) is -0.611. The minimum atomic E-state index is -0.345. The van der Waals surface area contributed by atoms with E-state index in [1.807, 2.05) is 61.5 Å². The van der Waals surface area contributed by atoms with Gasteiger partial charge in [-0.05, 0) is 54.0 Å². The highest BCUT2D eigenvalue weighted by atomic mass is 19.1. The molecule has 0 bridgehead atoms. The van der Waals surface area contributed by atoms with Crippen molar-refractivity contribution >= 4 is 23.6 Å². The molecule has 0 saturated carbocycles. The largest absolute Gasteiger partial charge is 0.356 e. The van der Waals surface area contributed by atoms with Crippen LogP contribution in [0.4, 0.5) is 10.1 Å². The maximum absolute atomic E-state index is 13.7. The van der Waals surface area contributed by atoms with Crippen LogP contribution in [0.3, 0.4) is 0 Å². The van der Waals surface area contributed by atoms with Crippen molar-refractivity contribution in [3.63, 3.8) is 0 Å². The Kier molecular flexibility index (Phi) is 7.71. The lowest BCUT2D eigenvalue weighted by molar-refractivity contribution is -0.120. The van der Waals surface area contributed by atoms with Crippen molar-refractivity contribution in [2.75, 3.05) is 11.4 Å². The van der Waals surface area contributed by atoms with E-state index in [0.717, 1.165) is 11.1 Å². The zero-order valence-corrected chi connectivity index (χ0v) is 17.4. The monoisotopic (exact) mass is 416 g/mol. The van der Waals surface area contributed by atoms with Crippen molar-refractivity contribution in [3.05, 3.63) is 107 Å². The zero-order chi connectivity index (χ0) is 22.1. The summed E-state index contributed by atoms with van der Waals surface area (Å²) in [5.41, 5.74) is 3.13. The molecule has 3 aromatic rings. The molecule has 0 aliphatic heterocycles. The first-order chi connectivity index (χ1) is 15.0. The normalized spacial score (nSPS) is 10.8. The van der Waals surface area contributed by atoms with Gasteiger partial charge in [0.25, 0.3) is 5.91 Å². The minimum absolute atomic E-state index is 0.0475. The molecule has 0 spiro atoms. The number of benzene rings is 3. The van der Waals surface area contributed by atoms with E-state index >= 15 is 0 Å². The van der Waals surface area contributed by atoms with Crippen molar-refractivity contribution in [1.29, 1.82) is 0 Å². The Labute approximate surface area is 182 Å². The van der Waals surface area contributed by atoms with Crippen LogP contribution in [0, 0.1) is 5.82 Å². The van der Waals surface area contributed by atoms with E-state index in [0.29, 0.717) is 17.8 Å². The van der Waals surface area contributed by atoms with E-state index in [1.54, 1.807) is 23.1 Å². The smallest absolute Gasteiger partial charge is 0.251 e. The van der Waals surface area contributed by atoms with E-state index in [1.165, 1.54) is 18.2 Å². The molecule has 0 aromatic heterocycles. The molecule has 0 atom stereocenters. The number of nitrogens with zero attached hydrogens (tertiary/aromatic N) is 1. The molecule has 2 amide bonds. The van der Waals surface area contributed by atoms with Crippen LogP contribution in [-0.2, 0) is 22.6 Å². The molecule has 158 valence electrons. The lowest BCUT2D eigenvalue weighted by atomic mass is 10.1. The van der Waals surface area contributed by atoms with Crippen LogP contribution in [-0.4, -0.2) is 18.4 Å². The van der Waals surface area contributed by atoms with E-state index < -0.39 is 0 Å². The van der Waals surface area contributed by atoms with Gasteiger partial charge in [0, 0.05) is 18.3 Å². The first-order valence-electron chi connectivity index (χ1n) is 10.2. The average molecular weight is 416 g/mol. The van der Waals surface area contributed by atoms with Gasteiger partial charge < -0.3 is 10.2 Å². The van der Waals surface area contributed by atoms with Crippen LogP contribution in [0.1, 0.15) is 23.6 Å². The second kappa shape index (κ2) is 10.9. The molecule has 0 unspecified atom stereocenters. The van der Waals surface area contributed by atoms with Gasteiger partial charge >= 0.3 is 0 Å². The van der Waals surface area contributed by atoms with Gasteiger partial charge in [0.05, 0.1) is 13.0 Å². The second-order valence-electron chi connectivity index (χ2n) is 7.10. The number of likely N-dealkylation sites (N-methyl/N-ethyl adjacent to an activating group) is 1. The number of amides is 2. The third-order valence-corrected chi connectivity index (χ3v) is 4.70. The summed E-state index contributed by atoms with van der Waals surface area (Å²) in [5, 5.41) is 2.77. The summed E-state index contributed by atoms with van der Waals surface area (Å²) in [4.78, 5) is 26.4. The number of anilines is 1. The van der Waals surface area contributed by atoms with E-state index in [9.17, 15) is 14.0 Å². The van der Waals surface area contributed by atoms with E-state index in [2.05, 4.69) is 5.32 Å². The molecule has 0 fully saturated rings. The van der Waals surface area contributed by atoms with Crippen LogP contribution < -0.4 is 10.2 Å². The van der Waals surface area contributed by atoms with Crippen molar-refractivity contribution in [1.82, 2.24) is 5.32 Å². The molecule has 0 radical (unpaired) electrons. The van der Waals surface area contributed by atoms with Gasteiger partial charge in [-0.1, -0.05) is 54.6 Å². The molecule has 0 saturated heterocycles. The fourth-order valence-corrected chi connectivity index (χ4v) is 3.17. The fraction of sp³-hybridized carbons (Fsp3) is 0.154. The van der Waals surface area contributed by atoms with Gasteiger partial charge in [0.2, 0.25) is 5.91 Å². The Balaban J connectivity index is 1.83. The Hall–Kier alpha value is -3.73. The van der Waals surface area contributed by atoms with Gasteiger partial charge in [-0.25, -0.2) is 4.39 Å². The summed E-state index contributed by atoms with van der Waals surface area (Å²) >= 11 is 0. The van der Waals surface area contributed by atoms with Crippen LogP contribution in [0.2, 0.25) is 0 Å². The van der Waals surface area contributed by atoms with Crippen LogP contribution in [0.15, 0.2) is 84.9 Å². The van der Waals surface area contributed by atoms with Gasteiger partial charge in [-0.15, -0.1) is 0 Å². The van der Waals surface area contributed by atoms with Gasteiger partial charge in [-0.3, -0.25) is 9.59 Å². The molecule has 1 N–H and O–H groups in total. The maximum Gasteiger partial charge on any atom is 0.251 e. The van der Waals surface area contributed by atoms with Crippen molar-refractivity contribution in [2.45, 2.75) is 19.9 Å². The number of hydrogen-bond donors (Lipinski definition) is 1. The highest BCUT2D eigenvalue weighted by Crippen LogP contribution is 2.20. The van der Waals surface area contributed by atoms with Gasteiger partial charge in [0.1, 0.15) is 5.82 Å². The summed E-state index contributed by atoms with van der Waals surface area (Å²) in [7, 11) is 0. The molecule has 0 aliphatic carbocycles. The maximum atomic E-state index is 13.7. The highest BCUT2D eigenvalue weighted by Gasteiger charge is 2.15. The standard InChI is InChI=1S/C26H25FN2O2/c1-2-28-25(30)18-21-11-14-24(15-12-21)29(19-22-9-6-10-23(27)17-22)26(31)16-13-20-7-4-3-5-8-20/h3-17H,2,18-19H2,1H3,(H,28,30). The fourth-order valence-electron chi connectivity index (χ4n) is 3.17. The molecule has 31 heavy (non-hydrogen) atoms. The first kappa shape index (κ1) is 22.0. The van der Waals surface area contributed by atoms with Crippen molar-refractivity contribution in [3.8, 4) is 0 Å². The third kappa shape index (κ3) is 6.64. The Morgan fingerprint density at radius 1 is 0.935 bits per heavy atom. The number of hydrogen-bond acceptors (Lipinski definition) is 2. The Morgan fingerprint density at radius 2 is 1.68 bits per heavy atom. The Morgan fingerprint density at radius 3 is 2.35 bits per heavy atom. The molecule has 3 aromatic carbocycles. The topological polar surface area (TPSA) is 49.4 Å². The number of rotatable bonds is 8. The molecular weight excluding hydrogens is 391 g/mol. The number of carbonyl (C=O) groups excluding carboxylic acids is 2. The predicted octanol–water partition coefficient (Wildman–Crippen LogP) is 4.75. The van der Waals surface area contributed by atoms with Crippen molar-refractivity contribution in [2.24, 2.45) is 0 Å². The van der Waals surface area contributed by atoms with E-state index in [-0.39, 0.29) is 30.6 Å². The van der Waals surface area contributed by atoms with Crippen LogP contribution in [0.25, 0.3) is 6.08 Å². The van der Waals surface area contributed by atoms with Crippen LogP contribution in [0.5, 0.6) is 0 Å². The second-order valence-corrected chi connectivity index (χ2v) is 7.10. The molecule has 0 heterocycles. The SMILES string of the molecule is CCNC(=O)Cc1ccc(N(Cc2cccc(F)c2)C(=O)C=Cc2ccccc2)cc1. The van der Waals surface area contributed by atoms with Crippen LogP contribution >= 0.6 is 0 Å². The highest BCUT2D eigenvalue weighted by molar-refractivity contribution is 6.03. The molecule has 3 rings (SSSR count). The van der Waals surface area contributed by atoms with E-state index in [4.69, 9.17) is 0 Å². The molecular formula is C26H25FN2O2. The minimum Gasteiger partial charge on any atom is -0.356 e. The predicted molar refractivity (Wildman–Crippen MR) is 122 cm³/mol. The quantitative estimate of drug-likeness (QED) is 0.539. The number of nitrogens with one attached hydrogen (secondary N) is 1. The number of carbonyl (C=O) groups is 2. The molecule has 5 heteroatoms. The first-order valence-corrected chi connectivity index (χ1v) is 10.2. The average Bonchev–Trinajstić information content (AvgIpc) is 2.77.